The Kier molecular flexibility index (Phi) is 2.39. The maximum atomic E-state index is 12.2. The molecule has 0 radical (unpaired) electrons. The van der Waals surface area contributed by atoms with Crippen LogP contribution in [0.4, 0.5) is 0 Å². The minimum Gasteiger partial charge on any atom is -0.299 e. The van der Waals surface area contributed by atoms with E-state index in [1.165, 1.54) is 27.5 Å². The Morgan fingerprint density at radius 1 is 1.15 bits per heavy atom. The van der Waals surface area contributed by atoms with E-state index in [2.05, 4.69) is 44.2 Å². The van der Waals surface area contributed by atoms with Gasteiger partial charge in [0, 0.05) is 11.8 Å². The molecule has 2 aromatic carbocycles. The summed E-state index contributed by atoms with van der Waals surface area (Å²) >= 11 is 0. The molecule has 0 aliphatic heterocycles. The Morgan fingerprint density at radius 2 is 2.00 bits per heavy atom. The van der Waals surface area contributed by atoms with Crippen molar-refractivity contribution >= 4 is 16.6 Å². The Hall–Kier alpha value is -1.63. The first kappa shape index (κ1) is 12.1. The lowest BCUT2D eigenvalue weighted by atomic mass is 9.66. The van der Waals surface area contributed by atoms with Gasteiger partial charge in [-0.3, -0.25) is 4.79 Å². The molecule has 0 amide bonds. The third-order valence-corrected chi connectivity index (χ3v) is 5.66. The first-order valence-corrected chi connectivity index (χ1v) is 7.65. The lowest BCUT2D eigenvalue weighted by molar-refractivity contribution is -0.126. The number of benzene rings is 2. The van der Waals surface area contributed by atoms with Gasteiger partial charge in [0.2, 0.25) is 0 Å². The van der Waals surface area contributed by atoms with Gasteiger partial charge in [-0.1, -0.05) is 42.8 Å². The largest absolute Gasteiger partial charge is 0.299 e. The summed E-state index contributed by atoms with van der Waals surface area (Å²) < 4.78 is 0. The van der Waals surface area contributed by atoms with Crippen molar-refractivity contribution in [3.63, 3.8) is 0 Å². The van der Waals surface area contributed by atoms with Crippen LogP contribution in [0.5, 0.6) is 0 Å². The van der Waals surface area contributed by atoms with Crippen LogP contribution in [0.2, 0.25) is 0 Å². The summed E-state index contributed by atoms with van der Waals surface area (Å²) in [7, 11) is 0. The first-order valence-electron chi connectivity index (χ1n) is 7.65. The summed E-state index contributed by atoms with van der Waals surface area (Å²) in [5.74, 6) is 0.932. The molecule has 2 atom stereocenters. The molecule has 1 saturated carbocycles. The van der Waals surface area contributed by atoms with Crippen LogP contribution < -0.4 is 0 Å². The standard InChI is InChI=1S/C19H20O/c1-12-3-5-14-13(11-12)4-6-16-15(14)9-10-19(2)17(16)7-8-18(19)20/h3-6,11,17H,7-10H2,1-2H3. The number of carbonyl (C=O) groups is 1. The average Bonchev–Trinajstić information content (AvgIpc) is 2.74. The van der Waals surface area contributed by atoms with Gasteiger partial charge in [-0.05, 0) is 54.0 Å². The van der Waals surface area contributed by atoms with Crippen LogP contribution in [0.3, 0.4) is 0 Å². The number of carbonyl (C=O) groups excluding carboxylic acids is 1. The van der Waals surface area contributed by atoms with E-state index in [0.717, 1.165) is 25.7 Å². The van der Waals surface area contributed by atoms with Crippen molar-refractivity contribution in [1.29, 1.82) is 0 Å². The van der Waals surface area contributed by atoms with Gasteiger partial charge >= 0.3 is 0 Å². The smallest absolute Gasteiger partial charge is 0.139 e. The number of fused-ring (bicyclic) bond motifs is 5. The van der Waals surface area contributed by atoms with Crippen LogP contribution in [-0.4, -0.2) is 5.78 Å². The van der Waals surface area contributed by atoms with Crippen LogP contribution in [0, 0.1) is 12.3 Å². The minimum atomic E-state index is -0.0919. The zero-order chi connectivity index (χ0) is 13.9. The molecular weight excluding hydrogens is 244 g/mol. The van der Waals surface area contributed by atoms with Gasteiger partial charge in [-0.15, -0.1) is 0 Å². The third kappa shape index (κ3) is 1.47. The molecule has 2 aromatic rings. The second-order valence-electron chi connectivity index (χ2n) is 6.79. The highest BCUT2D eigenvalue weighted by atomic mass is 16.1. The second-order valence-corrected chi connectivity index (χ2v) is 6.79. The molecule has 1 nitrogen and oxygen atoms in total. The molecule has 0 heterocycles. The van der Waals surface area contributed by atoms with E-state index in [0.29, 0.717) is 11.7 Å². The minimum absolute atomic E-state index is 0.0919. The van der Waals surface area contributed by atoms with E-state index < -0.39 is 0 Å². The van der Waals surface area contributed by atoms with Crippen molar-refractivity contribution in [2.75, 3.05) is 0 Å². The van der Waals surface area contributed by atoms with Crippen LogP contribution in [-0.2, 0) is 11.2 Å². The Balaban J connectivity index is 1.95. The molecule has 0 bridgehead atoms. The predicted octanol–water partition coefficient (Wildman–Crippen LogP) is 4.55. The van der Waals surface area contributed by atoms with E-state index in [1.807, 2.05) is 0 Å². The lowest BCUT2D eigenvalue weighted by Gasteiger charge is -2.37. The fraction of sp³-hybridized carbons (Fsp3) is 0.421. The Bertz CT molecular complexity index is 728. The van der Waals surface area contributed by atoms with Gasteiger partial charge in [0.15, 0.2) is 0 Å². The summed E-state index contributed by atoms with van der Waals surface area (Å²) in [6, 6.07) is 11.3. The molecule has 2 aliphatic carbocycles. The van der Waals surface area contributed by atoms with E-state index in [9.17, 15) is 4.79 Å². The van der Waals surface area contributed by atoms with Crippen LogP contribution in [0.15, 0.2) is 30.3 Å². The quantitative estimate of drug-likeness (QED) is 0.682. The van der Waals surface area contributed by atoms with E-state index in [4.69, 9.17) is 0 Å². The van der Waals surface area contributed by atoms with Gasteiger partial charge < -0.3 is 0 Å². The highest BCUT2D eigenvalue weighted by Gasteiger charge is 2.49. The van der Waals surface area contributed by atoms with Crippen molar-refractivity contribution in [1.82, 2.24) is 0 Å². The fourth-order valence-electron chi connectivity index (χ4n) is 4.41. The molecular formula is C19H20O. The molecule has 1 fully saturated rings. The van der Waals surface area contributed by atoms with Gasteiger partial charge in [0.25, 0.3) is 0 Å². The molecule has 2 aliphatic rings. The Morgan fingerprint density at radius 3 is 2.85 bits per heavy atom. The molecule has 0 spiro atoms. The van der Waals surface area contributed by atoms with Crippen LogP contribution >= 0.6 is 0 Å². The summed E-state index contributed by atoms with van der Waals surface area (Å²) in [4.78, 5) is 12.2. The lowest BCUT2D eigenvalue weighted by Crippen LogP contribution is -2.32. The molecule has 20 heavy (non-hydrogen) atoms. The van der Waals surface area contributed by atoms with Gasteiger partial charge in [-0.2, -0.15) is 0 Å². The molecule has 0 saturated heterocycles. The Labute approximate surface area is 120 Å². The zero-order valence-electron chi connectivity index (χ0n) is 12.2. The molecule has 1 heteroatoms. The van der Waals surface area contributed by atoms with E-state index in [1.54, 1.807) is 0 Å². The number of rotatable bonds is 0. The number of hydrogen-bond acceptors (Lipinski definition) is 1. The molecule has 102 valence electrons. The molecule has 0 N–H and O–H groups in total. The summed E-state index contributed by atoms with van der Waals surface area (Å²) in [5, 5.41) is 2.74. The topological polar surface area (TPSA) is 17.1 Å². The zero-order valence-corrected chi connectivity index (χ0v) is 12.2. The van der Waals surface area contributed by atoms with E-state index in [-0.39, 0.29) is 5.41 Å². The van der Waals surface area contributed by atoms with Crippen LogP contribution in [0.1, 0.15) is 48.8 Å². The maximum Gasteiger partial charge on any atom is 0.139 e. The number of Topliss-reactive ketones (excluding diaryl/α,β-unsaturated/α-hetero) is 1. The molecule has 4 rings (SSSR count). The monoisotopic (exact) mass is 264 g/mol. The maximum absolute atomic E-state index is 12.2. The first-order chi connectivity index (χ1) is 9.59. The number of hydrogen-bond donors (Lipinski definition) is 0. The van der Waals surface area contributed by atoms with Crippen molar-refractivity contribution in [2.45, 2.75) is 45.4 Å². The number of aryl methyl sites for hydroxylation is 2. The summed E-state index contributed by atoms with van der Waals surface area (Å²) in [5.41, 5.74) is 4.17. The van der Waals surface area contributed by atoms with E-state index >= 15 is 0 Å². The number of ketones is 1. The van der Waals surface area contributed by atoms with Gasteiger partial charge in [0.1, 0.15) is 5.78 Å². The van der Waals surface area contributed by atoms with Crippen molar-refractivity contribution in [3.05, 3.63) is 47.0 Å². The van der Waals surface area contributed by atoms with Crippen molar-refractivity contribution < 1.29 is 4.79 Å². The highest BCUT2D eigenvalue weighted by molar-refractivity contribution is 5.92. The molecule has 2 unspecified atom stereocenters. The summed E-state index contributed by atoms with van der Waals surface area (Å²) in [6.07, 6.45) is 3.89. The van der Waals surface area contributed by atoms with Gasteiger partial charge in [-0.25, -0.2) is 0 Å². The predicted molar refractivity (Wildman–Crippen MR) is 82.1 cm³/mol. The fourth-order valence-corrected chi connectivity index (χ4v) is 4.41. The van der Waals surface area contributed by atoms with Crippen molar-refractivity contribution in [2.24, 2.45) is 5.41 Å². The highest BCUT2D eigenvalue weighted by Crippen LogP contribution is 2.54. The third-order valence-electron chi connectivity index (χ3n) is 5.66. The summed E-state index contributed by atoms with van der Waals surface area (Å²) in [6.45, 7) is 4.33. The second kappa shape index (κ2) is 3.94. The average molecular weight is 264 g/mol. The SMILES string of the molecule is Cc1ccc2c3c(ccc2c1)C1CCC(=O)C1(C)CC3. The van der Waals surface area contributed by atoms with Gasteiger partial charge in [0.05, 0.1) is 0 Å². The van der Waals surface area contributed by atoms with Crippen molar-refractivity contribution in [3.8, 4) is 0 Å². The normalized spacial score (nSPS) is 28.5. The molecule has 0 aromatic heterocycles. The van der Waals surface area contributed by atoms with Crippen LogP contribution in [0.25, 0.3) is 10.8 Å².